The number of aromatic nitrogens is 5. The lowest BCUT2D eigenvalue weighted by Gasteiger charge is -2.20. The van der Waals surface area contributed by atoms with Gasteiger partial charge in [-0.05, 0) is 77.9 Å². The molecule has 0 atom stereocenters. The molecule has 7 N–H and O–H groups in total. The minimum Gasteiger partial charge on any atom is -0.423 e. The fourth-order valence-electron chi connectivity index (χ4n) is 4.96. The summed E-state index contributed by atoms with van der Waals surface area (Å²) in [6.45, 7) is 11.8. The Balaban J connectivity index is 0.000000185. The predicted octanol–water partition coefficient (Wildman–Crippen LogP) is 4.55. The van der Waals surface area contributed by atoms with E-state index in [1.807, 2.05) is 84.0 Å². The van der Waals surface area contributed by atoms with Gasteiger partial charge in [-0.15, -0.1) is 0 Å². The zero-order valence-corrected chi connectivity index (χ0v) is 27.0. The summed E-state index contributed by atoms with van der Waals surface area (Å²) < 4.78 is 8.47. The van der Waals surface area contributed by atoms with Crippen molar-refractivity contribution in [2.45, 2.75) is 52.6 Å². The number of carbonyl (C=O) groups excluding carboxylic acids is 2. The number of fused-ring (bicyclic) bond motifs is 2. The van der Waals surface area contributed by atoms with Gasteiger partial charge in [-0.2, -0.15) is 10.2 Å². The lowest BCUT2D eigenvalue weighted by molar-refractivity contribution is 0.0952. The molecule has 0 fully saturated rings. The highest BCUT2D eigenvalue weighted by Gasteiger charge is 2.27. The van der Waals surface area contributed by atoms with Gasteiger partial charge in [-0.25, -0.2) is 20.3 Å². The summed E-state index contributed by atoms with van der Waals surface area (Å²) in [7, 11) is 0. The summed E-state index contributed by atoms with van der Waals surface area (Å²) in [6.07, 6.45) is 1.67. The Hall–Kier alpha value is -5.82. The number of nitrogen functional groups attached to an aromatic ring is 2. The number of hydrogen-bond donors (Lipinski definition) is 4. The second kappa shape index (κ2) is 12.2. The lowest BCUT2D eigenvalue weighted by Crippen LogP contribution is -2.30. The van der Waals surface area contributed by atoms with Gasteiger partial charge in [0.2, 0.25) is 0 Å². The second-order valence-corrected chi connectivity index (χ2v) is 12.9. The maximum Gasteiger partial charge on any atom is 0.336 e. The van der Waals surface area contributed by atoms with Crippen molar-refractivity contribution in [3.63, 3.8) is 0 Å². The molecule has 242 valence electrons. The molecular formula is C34H37N9O4. The Morgan fingerprint density at radius 2 is 1.55 bits per heavy atom. The Morgan fingerprint density at radius 3 is 2.21 bits per heavy atom. The molecule has 47 heavy (non-hydrogen) atoms. The first kappa shape index (κ1) is 32.6. The number of nitrogens with two attached hydrogens (primary N) is 3. The summed E-state index contributed by atoms with van der Waals surface area (Å²) in [5, 5.41) is 10.8. The zero-order chi connectivity index (χ0) is 34.3. The monoisotopic (exact) mass is 635 g/mol. The molecule has 0 spiro atoms. The van der Waals surface area contributed by atoms with E-state index in [4.69, 9.17) is 21.7 Å². The number of carbonyl (C=O) groups is 2. The molecule has 0 saturated carbocycles. The van der Waals surface area contributed by atoms with Gasteiger partial charge < -0.3 is 15.9 Å². The van der Waals surface area contributed by atoms with Crippen LogP contribution in [0.5, 0.6) is 0 Å². The molecule has 6 aromatic rings. The number of amides is 2. The van der Waals surface area contributed by atoms with Crippen LogP contribution in [0.3, 0.4) is 0 Å². The molecule has 2 aromatic carbocycles. The second-order valence-electron chi connectivity index (χ2n) is 12.9. The van der Waals surface area contributed by atoms with Crippen molar-refractivity contribution in [1.29, 1.82) is 0 Å². The van der Waals surface area contributed by atoms with Crippen molar-refractivity contribution in [1.82, 2.24) is 30.0 Å². The number of nitrogens with zero attached hydrogens (tertiary/aromatic N) is 5. The molecule has 13 heteroatoms. The number of anilines is 1. The zero-order valence-electron chi connectivity index (χ0n) is 27.0. The van der Waals surface area contributed by atoms with Gasteiger partial charge in [-0.3, -0.25) is 19.7 Å². The number of para-hydroxylation sites is 1. The molecule has 0 aliphatic heterocycles. The Bertz CT molecular complexity index is 2200. The van der Waals surface area contributed by atoms with Crippen molar-refractivity contribution in [2.75, 3.05) is 5.73 Å². The van der Waals surface area contributed by atoms with Crippen LogP contribution in [-0.4, -0.2) is 36.4 Å². The van der Waals surface area contributed by atoms with Gasteiger partial charge in [0.15, 0.2) is 0 Å². The number of rotatable bonds is 4. The van der Waals surface area contributed by atoms with Crippen molar-refractivity contribution >= 4 is 39.5 Å². The average molecular weight is 636 g/mol. The average Bonchev–Trinajstić information content (AvgIpc) is 3.63. The van der Waals surface area contributed by atoms with Crippen molar-refractivity contribution in [2.24, 2.45) is 11.6 Å². The van der Waals surface area contributed by atoms with Crippen LogP contribution in [0, 0.1) is 0 Å². The van der Waals surface area contributed by atoms with Crippen molar-refractivity contribution in [3.8, 4) is 22.6 Å². The van der Waals surface area contributed by atoms with Gasteiger partial charge in [0.05, 0.1) is 27.9 Å². The minimum absolute atomic E-state index is 0.211. The highest BCUT2D eigenvalue weighted by Crippen LogP contribution is 2.31. The highest BCUT2D eigenvalue weighted by atomic mass is 16.4. The van der Waals surface area contributed by atoms with Crippen LogP contribution < -0.4 is 28.4 Å². The molecule has 4 heterocycles. The summed E-state index contributed by atoms with van der Waals surface area (Å²) in [6, 6.07) is 19.8. The molecule has 6 rings (SSSR count). The first-order valence-corrected chi connectivity index (χ1v) is 14.8. The molecular weight excluding hydrogens is 598 g/mol. The van der Waals surface area contributed by atoms with E-state index < -0.39 is 17.4 Å². The number of hydrazine groups is 1. The summed E-state index contributed by atoms with van der Waals surface area (Å²) in [5.41, 5.74) is 16.8. The first-order valence-electron chi connectivity index (χ1n) is 14.8. The van der Waals surface area contributed by atoms with E-state index in [-0.39, 0.29) is 22.5 Å². The number of pyridine rings is 1. The molecule has 2 amide bonds. The summed E-state index contributed by atoms with van der Waals surface area (Å²) in [4.78, 5) is 39.9. The predicted molar refractivity (Wildman–Crippen MR) is 181 cm³/mol. The van der Waals surface area contributed by atoms with Gasteiger partial charge in [0.25, 0.3) is 11.8 Å². The van der Waals surface area contributed by atoms with Gasteiger partial charge in [0.1, 0.15) is 28.4 Å². The molecule has 0 aliphatic rings. The maximum absolute atomic E-state index is 12.1. The van der Waals surface area contributed by atoms with Crippen LogP contribution in [0.1, 0.15) is 62.3 Å². The number of primary amides is 1. The maximum atomic E-state index is 12.1. The fraction of sp³-hybridized carbons (Fsp3) is 0.235. The lowest BCUT2D eigenvalue weighted by atomic mass is 10.1. The van der Waals surface area contributed by atoms with E-state index in [9.17, 15) is 14.4 Å². The highest BCUT2D eigenvalue weighted by molar-refractivity contribution is 6.03. The molecule has 0 unspecified atom stereocenters. The molecule has 0 saturated heterocycles. The van der Waals surface area contributed by atoms with Crippen molar-refractivity contribution < 1.29 is 14.0 Å². The Labute approximate surface area is 270 Å². The molecule has 13 nitrogen and oxygen atoms in total. The molecule has 0 bridgehead atoms. The quantitative estimate of drug-likeness (QED) is 0.0927. The Kier molecular flexibility index (Phi) is 8.44. The standard InChI is InChI=1S/C17H19N5O.C17H18N4O3/c1-17(2,3)22-15(18)13(16(19)23)14(21-22)12-9-8-10-6-4-5-7-11(10)20-12;1-17(2,3)21-9-12(16(23)19-18)15(20-21)11-4-6-13-10(8-11)5-7-14(22)24-13/h4-9H,18H2,1-3H3,(H2,19,23);4-9H,18H2,1-3H3,(H,19,23). The largest absolute Gasteiger partial charge is 0.423 e. The van der Waals surface area contributed by atoms with Crippen LogP contribution in [-0.2, 0) is 11.1 Å². The van der Waals surface area contributed by atoms with E-state index in [0.717, 1.165) is 21.9 Å². The number of benzene rings is 2. The van der Waals surface area contributed by atoms with Gasteiger partial charge in [0, 0.05) is 28.6 Å². The van der Waals surface area contributed by atoms with Crippen LogP contribution >= 0.6 is 0 Å². The molecule has 4 aromatic heterocycles. The normalized spacial score (nSPS) is 11.7. The number of nitrogens with one attached hydrogen (secondary N) is 1. The minimum atomic E-state index is -0.608. The SMILES string of the molecule is CC(C)(C)n1cc(C(=O)NN)c(-c2ccc3oc(=O)ccc3c2)n1.CC(C)(C)n1nc(-c2ccc3ccccc3n2)c(C(N)=O)c1N. The third-order valence-electron chi connectivity index (χ3n) is 7.31. The first-order chi connectivity index (χ1) is 22.1. The van der Waals surface area contributed by atoms with Crippen LogP contribution in [0.2, 0.25) is 0 Å². The summed E-state index contributed by atoms with van der Waals surface area (Å²) in [5.74, 6) is 4.52. The summed E-state index contributed by atoms with van der Waals surface area (Å²) >= 11 is 0. The van der Waals surface area contributed by atoms with E-state index in [1.54, 1.807) is 33.8 Å². The molecule has 0 radical (unpaired) electrons. The fourth-order valence-corrected chi connectivity index (χ4v) is 4.96. The Morgan fingerprint density at radius 1 is 0.851 bits per heavy atom. The van der Waals surface area contributed by atoms with E-state index in [2.05, 4.69) is 20.6 Å². The van der Waals surface area contributed by atoms with E-state index in [1.165, 1.54) is 6.07 Å². The van der Waals surface area contributed by atoms with E-state index >= 15 is 0 Å². The van der Waals surface area contributed by atoms with E-state index in [0.29, 0.717) is 28.2 Å². The molecule has 0 aliphatic carbocycles. The number of hydrogen-bond acceptors (Lipinski definition) is 9. The van der Waals surface area contributed by atoms with Crippen LogP contribution in [0.4, 0.5) is 5.82 Å². The van der Waals surface area contributed by atoms with Crippen molar-refractivity contribution in [3.05, 3.63) is 94.5 Å². The third-order valence-corrected chi connectivity index (χ3v) is 7.31. The van der Waals surface area contributed by atoms with Gasteiger partial charge in [-0.1, -0.05) is 24.3 Å². The smallest absolute Gasteiger partial charge is 0.336 e. The van der Waals surface area contributed by atoms with Gasteiger partial charge >= 0.3 is 5.63 Å². The topological polar surface area (TPSA) is 203 Å². The third kappa shape index (κ3) is 6.60. The van der Waals surface area contributed by atoms with Crippen LogP contribution in [0.25, 0.3) is 44.5 Å². The van der Waals surface area contributed by atoms with Crippen LogP contribution in [0.15, 0.2) is 82.1 Å².